The summed E-state index contributed by atoms with van der Waals surface area (Å²) in [4.78, 5) is 0. The van der Waals surface area contributed by atoms with Gasteiger partial charge in [-0.05, 0) is 0 Å². The number of hydrogen-bond acceptors (Lipinski definition) is 0. The molecule has 0 heterocycles. The summed E-state index contributed by atoms with van der Waals surface area (Å²) in [7, 11) is 0. The van der Waals surface area contributed by atoms with Crippen LogP contribution >= 0.6 is 17.2 Å². The summed E-state index contributed by atoms with van der Waals surface area (Å²) in [6.45, 7) is 6.65. The molecule has 0 bridgehead atoms. The van der Waals surface area contributed by atoms with Crippen molar-refractivity contribution in [3.8, 4) is 0 Å². The van der Waals surface area contributed by atoms with Gasteiger partial charge in [0, 0.05) is 0 Å². The Morgan fingerprint density at radius 1 is 1.17 bits per heavy atom. The van der Waals surface area contributed by atoms with Crippen molar-refractivity contribution in [1.82, 2.24) is 0 Å². The summed E-state index contributed by atoms with van der Waals surface area (Å²) >= 11 is 6.45. The first-order valence-corrected chi connectivity index (χ1v) is 9.07. The molecule has 0 saturated heterocycles. The van der Waals surface area contributed by atoms with Crippen molar-refractivity contribution in [2.75, 3.05) is 26.2 Å². The van der Waals surface area contributed by atoms with Crippen molar-refractivity contribution >= 4 is 17.2 Å². The van der Waals surface area contributed by atoms with E-state index in [1.54, 1.807) is 0 Å². The molecule has 1 rings (SSSR count). The minimum absolute atomic E-state index is 0.644. The molecule has 0 aromatic heterocycles. The van der Waals surface area contributed by atoms with Crippen LogP contribution in [0.4, 0.5) is 0 Å². The average Bonchev–Trinajstić information content (AvgIpc) is 2.30. The van der Waals surface area contributed by atoms with E-state index in [1.165, 1.54) is 12.6 Å². The first kappa shape index (κ1) is 10.3. The summed E-state index contributed by atoms with van der Waals surface area (Å²) in [5.41, 5.74) is 0. The quantitative estimate of drug-likeness (QED) is 0.615. The van der Waals surface area contributed by atoms with Crippen LogP contribution in [0.2, 0.25) is 0 Å². The van der Waals surface area contributed by atoms with Crippen molar-refractivity contribution in [3.05, 3.63) is 24.3 Å². The second-order valence-electron chi connectivity index (χ2n) is 4.86. The Hall–Kier alpha value is 0.200. The summed E-state index contributed by atoms with van der Waals surface area (Å²) < 4.78 is 0. The maximum absolute atomic E-state index is 6.45. The second kappa shape index (κ2) is 3.16. The van der Waals surface area contributed by atoms with Gasteiger partial charge >= 0.3 is 80.0 Å². The van der Waals surface area contributed by atoms with Gasteiger partial charge in [0.2, 0.25) is 0 Å². The molecule has 0 fully saturated rings. The van der Waals surface area contributed by atoms with E-state index in [2.05, 4.69) is 44.3 Å². The molecule has 70 valence electrons. The maximum atomic E-state index is 6.45. The first-order chi connectivity index (χ1) is 5.33. The second-order valence-corrected chi connectivity index (χ2v) is 14.9. The third kappa shape index (κ3) is 4.28. The molecular formula is C10H18ClP. The van der Waals surface area contributed by atoms with Crippen molar-refractivity contribution < 1.29 is 0 Å². The molecule has 2 heteroatoms. The fourth-order valence-electron chi connectivity index (χ4n) is 1.26. The van der Waals surface area contributed by atoms with E-state index in [-0.39, 0.29) is 0 Å². The van der Waals surface area contributed by atoms with E-state index in [0.29, 0.717) is 5.92 Å². The number of allylic oxidation sites excluding steroid dienone is 4. The molecule has 0 spiro atoms. The fraction of sp³-hybridized carbons (Fsp3) is 0.600. The fourth-order valence-corrected chi connectivity index (χ4v) is 2.72. The van der Waals surface area contributed by atoms with Gasteiger partial charge in [0.25, 0.3) is 0 Å². The van der Waals surface area contributed by atoms with Crippen molar-refractivity contribution in [2.24, 2.45) is 5.92 Å². The van der Waals surface area contributed by atoms with Crippen LogP contribution in [0.15, 0.2) is 24.3 Å². The molecule has 0 aromatic carbocycles. The molecule has 0 aliphatic heterocycles. The van der Waals surface area contributed by atoms with Gasteiger partial charge in [0.15, 0.2) is 0 Å². The minimum atomic E-state index is -1.77. The Bertz CT molecular complexity index is 198. The molecule has 0 radical (unpaired) electrons. The Labute approximate surface area is 80.4 Å². The molecule has 12 heavy (non-hydrogen) atoms. The zero-order valence-electron chi connectivity index (χ0n) is 8.13. The van der Waals surface area contributed by atoms with E-state index in [1.807, 2.05) is 0 Å². The molecule has 0 unspecified atom stereocenters. The summed E-state index contributed by atoms with van der Waals surface area (Å²) in [5.74, 6) is -1.13. The van der Waals surface area contributed by atoms with Crippen molar-refractivity contribution in [1.29, 1.82) is 0 Å². The van der Waals surface area contributed by atoms with Crippen LogP contribution in [0.5, 0.6) is 0 Å². The molecule has 1 aliphatic rings. The van der Waals surface area contributed by atoms with Gasteiger partial charge in [-0.1, -0.05) is 0 Å². The summed E-state index contributed by atoms with van der Waals surface area (Å²) in [6.07, 6.45) is 11.1. The van der Waals surface area contributed by atoms with Crippen LogP contribution < -0.4 is 0 Å². The Morgan fingerprint density at radius 2 is 1.67 bits per heavy atom. The molecule has 0 aromatic rings. The number of hydrogen-bond donors (Lipinski definition) is 0. The van der Waals surface area contributed by atoms with Crippen molar-refractivity contribution in [2.45, 2.75) is 6.42 Å². The number of halogens is 1. The first-order valence-electron chi connectivity index (χ1n) is 4.40. The van der Waals surface area contributed by atoms with Crippen LogP contribution in [-0.4, -0.2) is 26.2 Å². The summed E-state index contributed by atoms with van der Waals surface area (Å²) in [6, 6.07) is 0. The van der Waals surface area contributed by atoms with E-state index in [4.69, 9.17) is 11.2 Å². The zero-order valence-corrected chi connectivity index (χ0v) is 9.78. The molecule has 1 aliphatic carbocycles. The summed E-state index contributed by atoms with van der Waals surface area (Å²) in [5, 5.41) is 0. The van der Waals surface area contributed by atoms with Gasteiger partial charge in [-0.2, -0.15) is 0 Å². The molecule has 0 nitrogen and oxygen atoms in total. The van der Waals surface area contributed by atoms with E-state index in [0.717, 1.165) is 0 Å². The average molecular weight is 205 g/mol. The predicted octanol–water partition coefficient (Wildman–Crippen LogP) is 3.72. The van der Waals surface area contributed by atoms with Crippen LogP contribution in [-0.2, 0) is 0 Å². The molecular weight excluding hydrogens is 187 g/mol. The number of rotatable bonds is 3. The Balaban J connectivity index is 2.36. The van der Waals surface area contributed by atoms with Crippen LogP contribution in [0.1, 0.15) is 6.42 Å². The Kier molecular flexibility index (Phi) is 2.71. The molecule has 0 amide bonds. The monoisotopic (exact) mass is 204 g/mol. The standard InChI is InChI=1S/C10H18ClP/c1-12(2,3,11)9-8-10-6-4-5-7-10/h4-7,10H,8-9H2,1-3H3. The van der Waals surface area contributed by atoms with Gasteiger partial charge in [0.1, 0.15) is 0 Å². The van der Waals surface area contributed by atoms with Crippen LogP contribution in [0.3, 0.4) is 0 Å². The third-order valence-corrected chi connectivity index (χ3v) is 4.32. The van der Waals surface area contributed by atoms with Gasteiger partial charge in [-0.15, -0.1) is 0 Å². The molecule has 0 N–H and O–H groups in total. The molecule has 0 saturated carbocycles. The Morgan fingerprint density at radius 3 is 2.08 bits per heavy atom. The van der Waals surface area contributed by atoms with Gasteiger partial charge < -0.3 is 0 Å². The topological polar surface area (TPSA) is 0 Å². The normalized spacial score (nSPS) is 21.2. The predicted molar refractivity (Wildman–Crippen MR) is 61.8 cm³/mol. The zero-order chi connectivity index (χ0) is 9.27. The van der Waals surface area contributed by atoms with Gasteiger partial charge in [-0.3, -0.25) is 0 Å². The van der Waals surface area contributed by atoms with Crippen molar-refractivity contribution in [3.63, 3.8) is 0 Å². The SMILES string of the molecule is CP(C)(C)(Cl)CCC1C=CC=C1. The van der Waals surface area contributed by atoms with E-state index < -0.39 is 5.96 Å². The van der Waals surface area contributed by atoms with E-state index >= 15 is 0 Å². The third-order valence-electron chi connectivity index (χ3n) is 2.05. The van der Waals surface area contributed by atoms with Crippen LogP contribution in [0.25, 0.3) is 0 Å². The van der Waals surface area contributed by atoms with Crippen LogP contribution in [0, 0.1) is 5.92 Å². The van der Waals surface area contributed by atoms with E-state index in [9.17, 15) is 0 Å². The van der Waals surface area contributed by atoms with Gasteiger partial charge in [0.05, 0.1) is 0 Å². The molecule has 0 atom stereocenters. The van der Waals surface area contributed by atoms with Gasteiger partial charge in [-0.25, -0.2) is 0 Å².